The third kappa shape index (κ3) is 4.44. The molecule has 0 aromatic carbocycles. The molecule has 2 heterocycles. The number of pyridine rings is 1. The van der Waals surface area contributed by atoms with Gasteiger partial charge in [-0.2, -0.15) is 9.72 Å². The Balaban J connectivity index is 2.17. The molecule has 1 aliphatic heterocycles. The van der Waals surface area contributed by atoms with Gasteiger partial charge in [-0.1, -0.05) is 6.92 Å². The number of amides is 3. The van der Waals surface area contributed by atoms with Gasteiger partial charge in [-0.15, -0.1) is 0 Å². The first kappa shape index (κ1) is 18.7. The number of nitrogens with zero attached hydrogens (tertiary/aromatic N) is 4. The largest absolute Gasteiger partial charge is 0.427 e. The highest BCUT2D eigenvalue weighted by Crippen LogP contribution is 2.21. The molecule has 9 heteroatoms. The van der Waals surface area contributed by atoms with Crippen molar-refractivity contribution < 1.29 is 24.8 Å². The standard InChI is InChI=1S/C16H22N4O5/c1-11-5-7-20(25)14(8-11)17-15(22)13-4-3-6-19(13)16(23)12(2)9-18(24)10-21/h5,7-8,10,12-13,24-25H,3-4,6,9H2,1-2H3/t12-,13+/m1/s1. The normalized spacial score (nSPS) is 18.9. The number of hydroxylamine groups is 2. The zero-order valence-corrected chi connectivity index (χ0v) is 14.2. The van der Waals surface area contributed by atoms with Crippen molar-refractivity contribution >= 4 is 18.2 Å². The van der Waals surface area contributed by atoms with E-state index >= 15 is 0 Å². The molecule has 1 aromatic heterocycles. The fourth-order valence-electron chi connectivity index (χ4n) is 2.83. The Labute approximate surface area is 144 Å². The van der Waals surface area contributed by atoms with E-state index in [1.165, 1.54) is 11.1 Å². The average molecular weight is 350 g/mol. The Morgan fingerprint density at radius 1 is 1.52 bits per heavy atom. The number of rotatable bonds is 5. The second-order valence-corrected chi connectivity index (χ2v) is 6.18. The van der Waals surface area contributed by atoms with Crippen LogP contribution in [0.4, 0.5) is 0 Å². The van der Waals surface area contributed by atoms with Gasteiger partial charge in [0.15, 0.2) is 5.49 Å². The van der Waals surface area contributed by atoms with Gasteiger partial charge in [-0.05, 0) is 37.5 Å². The van der Waals surface area contributed by atoms with Crippen LogP contribution in [-0.4, -0.2) is 62.5 Å². The summed E-state index contributed by atoms with van der Waals surface area (Å²) in [6.07, 6.45) is 2.75. The first-order valence-electron chi connectivity index (χ1n) is 8.02. The van der Waals surface area contributed by atoms with Crippen molar-refractivity contribution in [1.82, 2.24) is 14.7 Å². The highest BCUT2D eigenvalue weighted by atomic mass is 16.5. The lowest BCUT2D eigenvalue weighted by atomic mass is 10.1. The Morgan fingerprint density at radius 3 is 2.92 bits per heavy atom. The summed E-state index contributed by atoms with van der Waals surface area (Å²) in [5, 5.41) is 19.4. The van der Waals surface area contributed by atoms with Crippen molar-refractivity contribution in [2.24, 2.45) is 10.9 Å². The van der Waals surface area contributed by atoms with Gasteiger partial charge in [0.1, 0.15) is 6.04 Å². The van der Waals surface area contributed by atoms with Crippen LogP contribution in [0.25, 0.3) is 0 Å². The monoisotopic (exact) mass is 350 g/mol. The molecule has 0 unspecified atom stereocenters. The van der Waals surface area contributed by atoms with Crippen LogP contribution in [0.1, 0.15) is 25.3 Å². The van der Waals surface area contributed by atoms with Gasteiger partial charge >= 0.3 is 0 Å². The number of aromatic nitrogens is 1. The van der Waals surface area contributed by atoms with E-state index < -0.39 is 17.9 Å². The van der Waals surface area contributed by atoms with Crippen LogP contribution in [0, 0.1) is 12.8 Å². The van der Waals surface area contributed by atoms with E-state index in [1.807, 2.05) is 6.92 Å². The topological polar surface area (TPSA) is 115 Å². The van der Waals surface area contributed by atoms with E-state index in [2.05, 4.69) is 4.99 Å². The third-order valence-corrected chi connectivity index (χ3v) is 4.12. The fraction of sp³-hybridized carbons (Fsp3) is 0.500. The second kappa shape index (κ2) is 7.93. The van der Waals surface area contributed by atoms with E-state index in [1.54, 1.807) is 19.1 Å². The number of hydrogen-bond donors (Lipinski definition) is 2. The molecule has 9 nitrogen and oxygen atoms in total. The van der Waals surface area contributed by atoms with Crippen LogP contribution in [0.5, 0.6) is 0 Å². The number of hydrogen-bond acceptors (Lipinski definition) is 5. The predicted molar refractivity (Wildman–Crippen MR) is 85.4 cm³/mol. The van der Waals surface area contributed by atoms with Crippen LogP contribution in [0.3, 0.4) is 0 Å². The van der Waals surface area contributed by atoms with Crippen molar-refractivity contribution in [3.8, 4) is 0 Å². The first-order valence-corrected chi connectivity index (χ1v) is 8.02. The zero-order chi connectivity index (χ0) is 18.6. The third-order valence-electron chi connectivity index (χ3n) is 4.12. The lowest BCUT2D eigenvalue weighted by Gasteiger charge is -2.26. The maximum Gasteiger partial charge on any atom is 0.270 e. The van der Waals surface area contributed by atoms with Crippen molar-refractivity contribution in [1.29, 1.82) is 0 Å². The molecule has 25 heavy (non-hydrogen) atoms. The molecule has 0 saturated carbocycles. The van der Waals surface area contributed by atoms with Crippen LogP contribution < -0.4 is 5.49 Å². The SMILES string of the molecule is Cc1ccn(O)c(=NC(=O)[C@@H]2CCCN2C(=O)[C@H](C)CN(O)C=O)c1. The number of aryl methyl sites for hydroxylation is 1. The van der Waals surface area contributed by atoms with Gasteiger partial charge in [-0.25, -0.2) is 5.06 Å². The number of carbonyl (C=O) groups excluding carboxylic acids is 3. The molecular formula is C16H22N4O5. The van der Waals surface area contributed by atoms with Crippen LogP contribution in [-0.2, 0) is 14.4 Å². The minimum Gasteiger partial charge on any atom is -0.427 e. The molecular weight excluding hydrogens is 328 g/mol. The summed E-state index contributed by atoms with van der Waals surface area (Å²) >= 11 is 0. The highest BCUT2D eigenvalue weighted by molar-refractivity contribution is 5.89. The van der Waals surface area contributed by atoms with E-state index in [0.29, 0.717) is 24.4 Å². The molecule has 136 valence electrons. The molecule has 2 rings (SSSR count). The summed E-state index contributed by atoms with van der Waals surface area (Å²) in [7, 11) is 0. The van der Waals surface area contributed by atoms with Gasteiger partial charge in [0.25, 0.3) is 5.91 Å². The Morgan fingerprint density at radius 2 is 2.24 bits per heavy atom. The first-order chi connectivity index (χ1) is 11.8. The highest BCUT2D eigenvalue weighted by Gasteiger charge is 2.36. The summed E-state index contributed by atoms with van der Waals surface area (Å²) in [5.74, 6) is -1.49. The molecule has 1 saturated heterocycles. The summed E-state index contributed by atoms with van der Waals surface area (Å²) in [4.78, 5) is 40.8. The molecule has 1 aliphatic rings. The zero-order valence-electron chi connectivity index (χ0n) is 14.2. The number of likely N-dealkylation sites (tertiary alicyclic amines) is 1. The summed E-state index contributed by atoms with van der Waals surface area (Å²) in [5.41, 5.74) is 0.932. The molecule has 1 aromatic rings. The summed E-state index contributed by atoms with van der Waals surface area (Å²) in [6, 6.07) is 2.53. The molecule has 0 aliphatic carbocycles. The maximum atomic E-state index is 12.5. The molecule has 0 bridgehead atoms. The molecule has 1 fully saturated rings. The van der Waals surface area contributed by atoms with Crippen LogP contribution >= 0.6 is 0 Å². The maximum absolute atomic E-state index is 12.5. The van der Waals surface area contributed by atoms with Gasteiger partial charge in [-0.3, -0.25) is 19.6 Å². The fourth-order valence-corrected chi connectivity index (χ4v) is 2.83. The van der Waals surface area contributed by atoms with Crippen molar-refractivity contribution in [2.75, 3.05) is 13.1 Å². The quantitative estimate of drug-likeness (QED) is 0.334. The average Bonchev–Trinajstić information content (AvgIpc) is 3.06. The Bertz CT molecular complexity index is 729. The molecule has 2 N–H and O–H groups in total. The van der Waals surface area contributed by atoms with Crippen molar-refractivity contribution in [2.45, 2.75) is 32.7 Å². The smallest absolute Gasteiger partial charge is 0.270 e. The lowest BCUT2D eigenvalue weighted by molar-refractivity contribution is -0.156. The molecule has 3 amide bonds. The molecule has 2 atom stereocenters. The Hall–Kier alpha value is -2.68. The van der Waals surface area contributed by atoms with E-state index in [4.69, 9.17) is 0 Å². The Kier molecular flexibility index (Phi) is 5.92. The molecule has 0 spiro atoms. The molecule has 0 radical (unpaired) electrons. The minimum atomic E-state index is -0.709. The van der Waals surface area contributed by atoms with Crippen molar-refractivity contribution in [3.05, 3.63) is 29.4 Å². The van der Waals surface area contributed by atoms with Gasteiger partial charge < -0.3 is 10.1 Å². The van der Waals surface area contributed by atoms with Crippen LogP contribution in [0.2, 0.25) is 0 Å². The van der Waals surface area contributed by atoms with Gasteiger partial charge in [0.05, 0.1) is 12.5 Å². The predicted octanol–water partition coefficient (Wildman–Crippen LogP) is -0.0642. The van der Waals surface area contributed by atoms with Gasteiger partial charge in [0.2, 0.25) is 12.3 Å². The summed E-state index contributed by atoms with van der Waals surface area (Å²) in [6.45, 7) is 3.65. The van der Waals surface area contributed by atoms with E-state index in [-0.39, 0.29) is 24.3 Å². The van der Waals surface area contributed by atoms with E-state index in [9.17, 15) is 24.8 Å². The second-order valence-electron chi connectivity index (χ2n) is 6.18. The lowest BCUT2D eigenvalue weighted by Crippen LogP contribution is -2.45. The van der Waals surface area contributed by atoms with Crippen LogP contribution in [0.15, 0.2) is 23.3 Å². The van der Waals surface area contributed by atoms with E-state index in [0.717, 1.165) is 10.3 Å². The van der Waals surface area contributed by atoms with Gasteiger partial charge in [0, 0.05) is 12.7 Å². The van der Waals surface area contributed by atoms with Crippen molar-refractivity contribution in [3.63, 3.8) is 0 Å². The summed E-state index contributed by atoms with van der Waals surface area (Å²) < 4.78 is 0.752. The number of carbonyl (C=O) groups is 3. The minimum absolute atomic E-state index is 0.0971.